The van der Waals surface area contributed by atoms with E-state index < -0.39 is 0 Å². The van der Waals surface area contributed by atoms with Gasteiger partial charge >= 0.3 is 6.03 Å². The van der Waals surface area contributed by atoms with Crippen LogP contribution in [0.15, 0.2) is 12.1 Å². The van der Waals surface area contributed by atoms with Crippen molar-refractivity contribution in [3.05, 3.63) is 23.3 Å². The van der Waals surface area contributed by atoms with Crippen LogP contribution in [0.1, 0.15) is 37.4 Å². The Balaban J connectivity index is 2.32. The van der Waals surface area contributed by atoms with E-state index in [1.807, 2.05) is 30.9 Å². The second-order valence-electron chi connectivity index (χ2n) is 6.34. The molecule has 3 N–H and O–H groups in total. The maximum Gasteiger partial charge on any atom is 0.317 e. The lowest BCUT2D eigenvalue weighted by molar-refractivity contribution is 0.169. The van der Waals surface area contributed by atoms with Crippen LogP contribution >= 0.6 is 12.2 Å². The van der Waals surface area contributed by atoms with Gasteiger partial charge in [-0.25, -0.2) is 4.79 Å². The Morgan fingerprint density at radius 3 is 2.52 bits per heavy atom. The molecule has 1 aromatic carbocycles. The molecule has 0 saturated heterocycles. The summed E-state index contributed by atoms with van der Waals surface area (Å²) in [4.78, 5) is 14.6. The highest BCUT2D eigenvalue weighted by Crippen LogP contribution is 2.37. The second kappa shape index (κ2) is 10.2. The molecule has 8 heteroatoms. The number of nitrogens with zero attached hydrogens (tertiary/aromatic N) is 1. The third-order valence-electron chi connectivity index (χ3n) is 4.58. The summed E-state index contributed by atoms with van der Waals surface area (Å²) < 4.78 is 10.9. The van der Waals surface area contributed by atoms with E-state index in [0.717, 1.165) is 30.5 Å². The standard InChI is InChI=1S/C19H30N4O3S/c1-5-8-21-19(24)23-9-7-13-10-16(25-3)17(26-4)11-14(13)15(23)12-22-18(27)20-6-2/h10-11,15H,5-9,12H2,1-4H3,(H,21,24)(H2,20,22,27)/t15-/m1/s1. The first-order chi connectivity index (χ1) is 13.0. The fraction of sp³-hybridized carbons (Fsp3) is 0.579. The van der Waals surface area contributed by atoms with E-state index in [-0.39, 0.29) is 12.1 Å². The van der Waals surface area contributed by atoms with Crippen molar-refractivity contribution in [3.63, 3.8) is 0 Å². The third kappa shape index (κ3) is 5.15. The number of hydrogen-bond donors (Lipinski definition) is 3. The van der Waals surface area contributed by atoms with Gasteiger partial charge in [0.2, 0.25) is 0 Å². The van der Waals surface area contributed by atoms with E-state index in [9.17, 15) is 4.79 Å². The summed E-state index contributed by atoms with van der Waals surface area (Å²) in [6.45, 7) is 6.59. The van der Waals surface area contributed by atoms with Crippen LogP contribution in [0.3, 0.4) is 0 Å². The Morgan fingerprint density at radius 2 is 1.89 bits per heavy atom. The molecule has 0 bridgehead atoms. The Labute approximate surface area is 166 Å². The Morgan fingerprint density at radius 1 is 1.19 bits per heavy atom. The topological polar surface area (TPSA) is 74.9 Å². The molecule has 0 aromatic heterocycles. The number of amides is 2. The predicted octanol–water partition coefficient (Wildman–Crippen LogP) is 2.21. The number of thiocarbonyl (C=S) groups is 1. The number of fused-ring (bicyclic) bond motifs is 1. The summed E-state index contributed by atoms with van der Waals surface area (Å²) in [6, 6.07) is 3.77. The number of methoxy groups -OCH3 is 2. The normalized spacial score (nSPS) is 15.6. The lowest BCUT2D eigenvalue weighted by Crippen LogP contribution is -2.50. The van der Waals surface area contributed by atoms with Crippen LogP contribution in [0.2, 0.25) is 0 Å². The summed E-state index contributed by atoms with van der Waals surface area (Å²) in [7, 11) is 3.25. The van der Waals surface area contributed by atoms with Gasteiger partial charge in [-0.15, -0.1) is 0 Å². The number of ether oxygens (including phenoxy) is 2. The highest BCUT2D eigenvalue weighted by Gasteiger charge is 2.32. The zero-order chi connectivity index (χ0) is 19.8. The zero-order valence-corrected chi connectivity index (χ0v) is 17.4. The summed E-state index contributed by atoms with van der Waals surface area (Å²) in [6.07, 6.45) is 1.66. The number of rotatable bonds is 7. The minimum absolute atomic E-state index is 0.0570. The highest BCUT2D eigenvalue weighted by atomic mass is 32.1. The summed E-state index contributed by atoms with van der Waals surface area (Å²) in [5.74, 6) is 1.36. The second-order valence-corrected chi connectivity index (χ2v) is 6.75. The van der Waals surface area contributed by atoms with Gasteiger partial charge in [0.25, 0.3) is 0 Å². The van der Waals surface area contributed by atoms with Crippen LogP contribution in [0, 0.1) is 0 Å². The van der Waals surface area contributed by atoms with E-state index in [0.29, 0.717) is 36.2 Å². The van der Waals surface area contributed by atoms with E-state index in [2.05, 4.69) is 16.0 Å². The fourth-order valence-electron chi connectivity index (χ4n) is 3.24. The van der Waals surface area contributed by atoms with Gasteiger partial charge in [0.1, 0.15) is 0 Å². The molecule has 0 spiro atoms. The first kappa shape index (κ1) is 21.1. The third-order valence-corrected chi connectivity index (χ3v) is 4.87. The number of urea groups is 1. The zero-order valence-electron chi connectivity index (χ0n) is 16.6. The molecular weight excluding hydrogens is 364 g/mol. The van der Waals surface area contributed by atoms with E-state index in [1.165, 1.54) is 0 Å². The first-order valence-corrected chi connectivity index (χ1v) is 9.77. The van der Waals surface area contributed by atoms with Gasteiger partial charge in [0, 0.05) is 26.2 Å². The Hall–Kier alpha value is -2.22. The van der Waals surface area contributed by atoms with Gasteiger partial charge < -0.3 is 30.3 Å². The van der Waals surface area contributed by atoms with Crippen molar-refractivity contribution < 1.29 is 14.3 Å². The molecule has 1 aliphatic rings. The fourth-order valence-corrected chi connectivity index (χ4v) is 3.46. The van der Waals surface area contributed by atoms with Crippen LogP contribution in [0.5, 0.6) is 11.5 Å². The molecule has 0 saturated carbocycles. The van der Waals surface area contributed by atoms with E-state index in [1.54, 1.807) is 14.2 Å². The largest absolute Gasteiger partial charge is 0.493 e. The number of carbonyl (C=O) groups is 1. The van der Waals surface area contributed by atoms with E-state index in [4.69, 9.17) is 21.7 Å². The molecule has 1 aromatic rings. The maximum atomic E-state index is 12.7. The maximum absolute atomic E-state index is 12.7. The molecule has 0 fully saturated rings. The predicted molar refractivity (Wildman–Crippen MR) is 111 cm³/mol. The average Bonchev–Trinajstić information content (AvgIpc) is 2.68. The minimum atomic E-state index is -0.151. The highest BCUT2D eigenvalue weighted by molar-refractivity contribution is 7.80. The number of nitrogens with one attached hydrogen (secondary N) is 3. The van der Waals surface area contributed by atoms with Gasteiger partial charge in [-0.3, -0.25) is 0 Å². The SMILES string of the molecule is CCCNC(=O)N1CCc2cc(OC)c(OC)cc2[C@H]1CNC(=S)NCC. The van der Waals surface area contributed by atoms with Gasteiger partial charge in [-0.1, -0.05) is 6.92 Å². The van der Waals surface area contributed by atoms with Crippen molar-refractivity contribution in [3.8, 4) is 11.5 Å². The molecule has 27 heavy (non-hydrogen) atoms. The molecule has 2 rings (SSSR count). The Kier molecular flexibility index (Phi) is 7.97. The van der Waals surface area contributed by atoms with Crippen LogP contribution in [0.25, 0.3) is 0 Å². The van der Waals surface area contributed by atoms with Crippen molar-refractivity contribution in [2.75, 3.05) is 40.4 Å². The molecule has 1 aliphatic heterocycles. The minimum Gasteiger partial charge on any atom is -0.493 e. The number of carbonyl (C=O) groups excluding carboxylic acids is 1. The molecule has 2 amide bonds. The van der Waals surface area contributed by atoms with Gasteiger partial charge in [0.15, 0.2) is 16.6 Å². The summed E-state index contributed by atoms with van der Waals surface area (Å²) >= 11 is 5.30. The van der Waals surface area contributed by atoms with Crippen molar-refractivity contribution in [2.45, 2.75) is 32.7 Å². The molecule has 1 atom stereocenters. The van der Waals surface area contributed by atoms with Crippen LogP contribution in [-0.4, -0.2) is 56.4 Å². The summed E-state index contributed by atoms with van der Waals surface area (Å²) in [5, 5.41) is 9.88. The molecule has 1 heterocycles. The Bertz CT molecular complexity index is 669. The van der Waals surface area contributed by atoms with Crippen molar-refractivity contribution in [1.82, 2.24) is 20.9 Å². The summed E-state index contributed by atoms with van der Waals surface area (Å²) in [5.41, 5.74) is 2.21. The monoisotopic (exact) mass is 394 g/mol. The van der Waals surface area contributed by atoms with Crippen LogP contribution in [-0.2, 0) is 6.42 Å². The van der Waals surface area contributed by atoms with Crippen molar-refractivity contribution in [2.24, 2.45) is 0 Å². The lowest BCUT2D eigenvalue weighted by atomic mass is 9.92. The van der Waals surface area contributed by atoms with Crippen molar-refractivity contribution >= 4 is 23.4 Å². The van der Waals surface area contributed by atoms with Crippen molar-refractivity contribution in [1.29, 1.82) is 0 Å². The molecular formula is C19H30N4O3S. The van der Waals surface area contributed by atoms with Gasteiger partial charge in [-0.2, -0.15) is 0 Å². The quantitative estimate of drug-likeness (QED) is 0.616. The molecule has 0 aliphatic carbocycles. The molecule has 7 nitrogen and oxygen atoms in total. The molecule has 150 valence electrons. The lowest BCUT2D eigenvalue weighted by Gasteiger charge is -2.38. The van der Waals surface area contributed by atoms with Crippen LogP contribution in [0.4, 0.5) is 4.79 Å². The molecule has 0 radical (unpaired) electrons. The number of benzene rings is 1. The van der Waals surface area contributed by atoms with Gasteiger partial charge in [-0.05, 0) is 55.2 Å². The average molecular weight is 395 g/mol. The number of hydrogen-bond acceptors (Lipinski definition) is 4. The van der Waals surface area contributed by atoms with Crippen LogP contribution < -0.4 is 25.4 Å². The smallest absolute Gasteiger partial charge is 0.317 e. The molecule has 0 unspecified atom stereocenters. The first-order valence-electron chi connectivity index (χ1n) is 9.36. The van der Waals surface area contributed by atoms with E-state index >= 15 is 0 Å². The van der Waals surface area contributed by atoms with Gasteiger partial charge in [0.05, 0.1) is 20.3 Å².